The minimum atomic E-state index is 0.465. The normalized spacial score (nSPS) is 10.9. The van der Waals surface area contributed by atoms with Gasteiger partial charge in [-0.15, -0.1) is 11.8 Å². The van der Waals surface area contributed by atoms with Crippen LogP contribution in [-0.2, 0) is 4.74 Å². The van der Waals surface area contributed by atoms with Gasteiger partial charge in [-0.25, -0.2) is 0 Å². The summed E-state index contributed by atoms with van der Waals surface area (Å²) in [5, 5.41) is 0. The van der Waals surface area contributed by atoms with E-state index in [-0.39, 0.29) is 0 Å². The van der Waals surface area contributed by atoms with E-state index >= 15 is 0 Å². The third kappa shape index (κ3) is 5.49. The number of benzene rings is 1. The van der Waals surface area contributed by atoms with Gasteiger partial charge in [0.15, 0.2) is 0 Å². The highest BCUT2D eigenvalue weighted by Gasteiger charge is 2.17. The van der Waals surface area contributed by atoms with Crippen LogP contribution in [0.5, 0.6) is 0 Å². The fourth-order valence-corrected chi connectivity index (χ4v) is 3.38. The summed E-state index contributed by atoms with van der Waals surface area (Å²) in [4.78, 5) is 3.95. The van der Waals surface area contributed by atoms with Gasteiger partial charge in [0.05, 0.1) is 6.61 Å². The van der Waals surface area contributed by atoms with E-state index in [0.29, 0.717) is 17.5 Å². The van der Waals surface area contributed by atoms with Gasteiger partial charge in [-0.05, 0) is 23.8 Å². The molecule has 0 heterocycles. The predicted octanol–water partition coefficient (Wildman–Crippen LogP) is 3.54. The van der Waals surface area contributed by atoms with Gasteiger partial charge in [0.2, 0.25) is 0 Å². The lowest BCUT2D eigenvalue weighted by Gasteiger charge is -2.29. The highest BCUT2D eigenvalue weighted by molar-refractivity contribution is 7.99. The lowest BCUT2D eigenvalue weighted by atomic mass is 10.1. The van der Waals surface area contributed by atoms with E-state index in [4.69, 9.17) is 22.7 Å². The molecule has 0 aliphatic carbocycles. The molecule has 0 atom stereocenters. The second-order valence-corrected chi connectivity index (χ2v) is 7.03. The van der Waals surface area contributed by atoms with Crippen molar-refractivity contribution in [1.82, 2.24) is 0 Å². The Morgan fingerprint density at radius 3 is 2.67 bits per heavy atom. The highest BCUT2D eigenvalue weighted by Crippen LogP contribution is 2.31. The smallest absolute Gasteiger partial charge is 0.107 e. The molecule has 3 nitrogen and oxygen atoms in total. The number of ether oxygens (including phenoxy) is 1. The van der Waals surface area contributed by atoms with E-state index in [1.807, 2.05) is 0 Å². The summed E-state index contributed by atoms with van der Waals surface area (Å²) < 4.78 is 5.24. The van der Waals surface area contributed by atoms with Crippen molar-refractivity contribution in [2.75, 3.05) is 37.5 Å². The second-order valence-electron chi connectivity index (χ2n) is 5.28. The van der Waals surface area contributed by atoms with Crippen LogP contribution < -0.4 is 10.6 Å². The van der Waals surface area contributed by atoms with Gasteiger partial charge in [0.25, 0.3) is 0 Å². The average molecular weight is 327 g/mol. The summed E-state index contributed by atoms with van der Waals surface area (Å²) in [6, 6.07) is 6.28. The first-order valence-electron chi connectivity index (χ1n) is 7.30. The summed E-state index contributed by atoms with van der Waals surface area (Å²) >= 11 is 7.08. The quantitative estimate of drug-likeness (QED) is 0.555. The van der Waals surface area contributed by atoms with Crippen molar-refractivity contribution < 1.29 is 4.74 Å². The first-order valence-corrected chi connectivity index (χ1v) is 8.70. The molecule has 1 rings (SSSR count). The summed E-state index contributed by atoms with van der Waals surface area (Å²) in [6.45, 7) is 9.05. The van der Waals surface area contributed by atoms with E-state index in [9.17, 15) is 0 Å². The first-order chi connectivity index (χ1) is 10.0. The molecule has 0 spiro atoms. The summed E-state index contributed by atoms with van der Waals surface area (Å²) in [5.74, 6) is 1.56. The molecule has 1 aromatic rings. The van der Waals surface area contributed by atoms with Gasteiger partial charge in [-0.3, -0.25) is 0 Å². The Kier molecular flexibility index (Phi) is 8.07. The average Bonchev–Trinajstić information content (AvgIpc) is 2.43. The molecule has 0 aromatic heterocycles. The van der Waals surface area contributed by atoms with E-state index in [1.165, 1.54) is 0 Å². The number of nitrogens with zero attached hydrogens (tertiary/aromatic N) is 1. The third-order valence-corrected chi connectivity index (χ3v) is 4.19. The topological polar surface area (TPSA) is 38.5 Å². The van der Waals surface area contributed by atoms with Crippen molar-refractivity contribution in [3.05, 3.63) is 23.8 Å². The zero-order valence-electron chi connectivity index (χ0n) is 13.4. The number of methoxy groups -OCH3 is 1. The number of hydrogen-bond acceptors (Lipinski definition) is 4. The molecular weight excluding hydrogens is 300 g/mol. The van der Waals surface area contributed by atoms with E-state index in [1.54, 1.807) is 18.9 Å². The Morgan fingerprint density at radius 1 is 1.43 bits per heavy atom. The molecule has 0 bridgehead atoms. The van der Waals surface area contributed by atoms with Crippen LogP contribution in [0.4, 0.5) is 5.69 Å². The number of thiocarbonyl (C=S) groups is 1. The Hall–Kier alpha value is -0.780. The molecule has 0 radical (unpaired) electrons. The molecule has 21 heavy (non-hydrogen) atoms. The largest absolute Gasteiger partial charge is 0.389 e. The zero-order chi connectivity index (χ0) is 15.8. The molecule has 0 unspecified atom stereocenters. The van der Waals surface area contributed by atoms with Crippen LogP contribution in [0.15, 0.2) is 23.1 Å². The van der Waals surface area contributed by atoms with Crippen molar-refractivity contribution in [1.29, 1.82) is 0 Å². The van der Waals surface area contributed by atoms with Crippen molar-refractivity contribution in [2.24, 2.45) is 11.7 Å². The number of anilines is 1. The molecule has 5 heteroatoms. The van der Waals surface area contributed by atoms with E-state index < -0.39 is 0 Å². The number of hydrogen-bond donors (Lipinski definition) is 1. The first kappa shape index (κ1) is 18.3. The molecule has 0 saturated heterocycles. The van der Waals surface area contributed by atoms with Crippen molar-refractivity contribution in [3.63, 3.8) is 0 Å². The van der Waals surface area contributed by atoms with E-state index in [2.05, 4.69) is 43.9 Å². The van der Waals surface area contributed by atoms with Gasteiger partial charge in [0.1, 0.15) is 4.99 Å². The fourth-order valence-electron chi connectivity index (χ4n) is 2.26. The Labute approximate surface area is 138 Å². The molecule has 0 aliphatic heterocycles. The maximum Gasteiger partial charge on any atom is 0.107 e. The molecule has 0 aliphatic rings. The SMILES string of the molecule is CCSc1cccc(N(CCOC)CC(C)C)c1C(N)=S. The molecule has 118 valence electrons. The summed E-state index contributed by atoms with van der Waals surface area (Å²) in [5.41, 5.74) is 8.12. The molecule has 0 fully saturated rings. The number of rotatable bonds is 9. The minimum absolute atomic E-state index is 0.465. The summed E-state index contributed by atoms with van der Waals surface area (Å²) in [6.07, 6.45) is 0. The number of nitrogens with two attached hydrogens (primary N) is 1. The molecule has 2 N–H and O–H groups in total. The highest BCUT2D eigenvalue weighted by atomic mass is 32.2. The van der Waals surface area contributed by atoms with Crippen molar-refractivity contribution in [3.8, 4) is 0 Å². The monoisotopic (exact) mass is 326 g/mol. The van der Waals surface area contributed by atoms with Crippen LogP contribution in [0.25, 0.3) is 0 Å². The van der Waals surface area contributed by atoms with Crippen LogP contribution in [0.2, 0.25) is 0 Å². The van der Waals surface area contributed by atoms with Crippen molar-refractivity contribution >= 4 is 34.7 Å². The van der Waals surface area contributed by atoms with Crippen LogP contribution in [-0.4, -0.2) is 37.5 Å². The van der Waals surface area contributed by atoms with Crippen LogP contribution in [0, 0.1) is 5.92 Å². The zero-order valence-corrected chi connectivity index (χ0v) is 15.0. The Bertz CT molecular complexity index is 464. The van der Waals surface area contributed by atoms with Gasteiger partial charge < -0.3 is 15.4 Å². The minimum Gasteiger partial charge on any atom is -0.389 e. The third-order valence-electron chi connectivity index (χ3n) is 3.04. The molecule has 0 amide bonds. The van der Waals surface area contributed by atoms with Gasteiger partial charge >= 0.3 is 0 Å². The van der Waals surface area contributed by atoms with E-state index in [0.717, 1.165) is 35.0 Å². The molecule has 1 aromatic carbocycles. The van der Waals surface area contributed by atoms with Crippen molar-refractivity contribution in [2.45, 2.75) is 25.7 Å². The summed E-state index contributed by atoms with van der Waals surface area (Å²) in [7, 11) is 1.73. The molecular formula is C16H26N2OS2. The fraction of sp³-hybridized carbons (Fsp3) is 0.562. The van der Waals surface area contributed by atoms with Crippen LogP contribution >= 0.6 is 24.0 Å². The van der Waals surface area contributed by atoms with Gasteiger partial charge in [-0.1, -0.05) is 39.1 Å². The Morgan fingerprint density at radius 2 is 2.14 bits per heavy atom. The Balaban J connectivity index is 3.21. The lowest BCUT2D eigenvalue weighted by molar-refractivity contribution is 0.204. The van der Waals surface area contributed by atoms with Crippen LogP contribution in [0.1, 0.15) is 26.3 Å². The number of thioether (sulfide) groups is 1. The standard InChI is InChI=1S/C16H26N2OS2/c1-5-21-14-8-6-7-13(15(14)16(17)20)18(9-10-19-4)11-12(2)3/h6-8,12H,5,9-11H2,1-4H3,(H2,17,20). The maximum atomic E-state index is 6.00. The maximum absolute atomic E-state index is 6.00. The van der Waals surface area contributed by atoms with Gasteiger partial charge in [-0.2, -0.15) is 0 Å². The van der Waals surface area contributed by atoms with Crippen LogP contribution in [0.3, 0.4) is 0 Å². The van der Waals surface area contributed by atoms with Gasteiger partial charge in [0, 0.05) is 36.3 Å². The second kappa shape index (κ2) is 9.28. The molecule has 0 saturated carbocycles. The lowest BCUT2D eigenvalue weighted by Crippen LogP contribution is -2.33. The predicted molar refractivity (Wildman–Crippen MR) is 97.7 cm³/mol.